The van der Waals surface area contributed by atoms with Crippen molar-refractivity contribution in [2.75, 3.05) is 20.6 Å². The molecular weight excluding hydrogens is 298 g/mol. The molecule has 0 aromatic heterocycles. The summed E-state index contributed by atoms with van der Waals surface area (Å²) >= 11 is 0. The van der Waals surface area contributed by atoms with Gasteiger partial charge in [0.1, 0.15) is 12.6 Å². The van der Waals surface area contributed by atoms with E-state index in [4.69, 9.17) is 4.74 Å². The molecule has 3 rings (SSSR count). The van der Waals surface area contributed by atoms with Gasteiger partial charge in [-0.25, -0.2) is 4.79 Å². The minimum atomic E-state index is -0.0505. The zero-order valence-electron chi connectivity index (χ0n) is 15.8. The summed E-state index contributed by atoms with van der Waals surface area (Å²) in [5, 5.41) is 0. The van der Waals surface area contributed by atoms with Crippen LogP contribution in [0.15, 0.2) is 30.3 Å². The summed E-state index contributed by atoms with van der Waals surface area (Å²) in [4.78, 5) is 12.6. The maximum absolute atomic E-state index is 12.6. The Balaban J connectivity index is 1.60. The summed E-state index contributed by atoms with van der Waals surface area (Å²) in [6.07, 6.45) is 3.61. The molecule has 0 N–H and O–H groups in total. The Morgan fingerprint density at radius 3 is 2.42 bits per heavy atom. The lowest BCUT2D eigenvalue weighted by molar-refractivity contribution is -0.896. The van der Waals surface area contributed by atoms with Gasteiger partial charge in [0.2, 0.25) is 0 Å². The molecule has 24 heavy (non-hydrogen) atoms. The smallest absolute Gasteiger partial charge is 0.362 e. The molecule has 0 radical (unpaired) electrons. The van der Waals surface area contributed by atoms with Crippen LogP contribution in [-0.4, -0.2) is 37.2 Å². The van der Waals surface area contributed by atoms with Gasteiger partial charge >= 0.3 is 5.97 Å². The number of rotatable bonds is 5. The molecule has 2 saturated carbocycles. The van der Waals surface area contributed by atoms with Gasteiger partial charge in [0, 0.05) is 11.0 Å². The number of quaternary nitrogens is 1. The Hall–Kier alpha value is -1.35. The van der Waals surface area contributed by atoms with Gasteiger partial charge in [-0.2, -0.15) is 0 Å². The zero-order chi connectivity index (χ0) is 17.6. The molecule has 2 bridgehead atoms. The van der Waals surface area contributed by atoms with E-state index in [1.807, 2.05) is 18.2 Å². The summed E-state index contributed by atoms with van der Waals surface area (Å²) in [5.41, 5.74) is 1.68. The first-order valence-electron chi connectivity index (χ1n) is 9.19. The lowest BCUT2D eigenvalue weighted by Crippen LogP contribution is -2.46. The lowest BCUT2D eigenvalue weighted by atomic mass is 9.70. The van der Waals surface area contributed by atoms with E-state index in [-0.39, 0.29) is 22.9 Å². The third kappa shape index (κ3) is 2.99. The largest absolute Gasteiger partial charge is 0.458 e. The molecule has 132 valence electrons. The number of esters is 1. The van der Waals surface area contributed by atoms with Gasteiger partial charge in [0.15, 0.2) is 6.54 Å². The average Bonchev–Trinajstić information content (AvgIpc) is 2.80. The first-order valence-corrected chi connectivity index (χ1v) is 9.19. The van der Waals surface area contributed by atoms with E-state index in [9.17, 15) is 4.79 Å². The molecule has 3 nitrogen and oxygen atoms in total. The standard InChI is InChI=1S/C21H32NO2/c1-20(2)17-11-12-21(20,3)18(13-17)24-19(23)15-22(4,5)14-16-9-7-6-8-10-16/h6-10,17-18H,11-15H2,1-5H3/q+1/t17-,18-,21-/m0/s1. The van der Waals surface area contributed by atoms with E-state index in [1.165, 1.54) is 18.4 Å². The number of hydrogen-bond acceptors (Lipinski definition) is 2. The molecule has 0 amide bonds. The van der Waals surface area contributed by atoms with Gasteiger partial charge in [-0.15, -0.1) is 0 Å². The van der Waals surface area contributed by atoms with Gasteiger partial charge in [-0.05, 0) is 30.6 Å². The second-order valence-corrected chi connectivity index (χ2v) is 9.33. The van der Waals surface area contributed by atoms with Crippen molar-refractivity contribution in [1.82, 2.24) is 0 Å². The molecule has 1 aromatic carbocycles. The highest BCUT2D eigenvalue weighted by Gasteiger charge is 2.62. The predicted molar refractivity (Wildman–Crippen MR) is 96.2 cm³/mol. The number of benzene rings is 1. The zero-order valence-corrected chi connectivity index (χ0v) is 15.8. The summed E-state index contributed by atoms with van der Waals surface area (Å²) in [5.74, 6) is 0.651. The summed E-state index contributed by atoms with van der Waals surface area (Å²) < 4.78 is 6.63. The number of ether oxygens (including phenoxy) is 1. The molecule has 0 aliphatic heterocycles. The van der Waals surface area contributed by atoms with Crippen molar-refractivity contribution in [1.29, 1.82) is 0 Å². The number of likely N-dealkylation sites (N-methyl/N-ethyl adjacent to an activating group) is 1. The molecule has 3 atom stereocenters. The highest BCUT2D eigenvalue weighted by atomic mass is 16.5. The van der Waals surface area contributed by atoms with Crippen LogP contribution in [0.1, 0.15) is 45.6 Å². The average molecular weight is 330 g/mol. The lowest BCUT2D eigenvalue weighted by Gasteiger charge is -2.39. The highest BCUT2D eigenvalue weighted by Crippen LogP contribution is 2.66. The van der Waals surface area contributed by atoms with Crippen LogP contribution in [0.5, 0.6) is 0 Å². The van der Waals surface area contributed by atoms with Crippen LogP contribution < -0.4 is 0 Å². The van der Waals surface area contributed by atoms with E-state index in [1.54, 1.807) is 0 Å². The van der Waals surface area contributed by atoms with Crippen molar-refractivity contribution in [2.45, 2.75) is 52.7 Å². The Kier molecular flexibility index (Phi) is 4.28. The van der Waals surface area contributed by atoms with Crippen LogP contribution in [0.25, 0.3) is 0 Å². The Labute approximate surface area is 146 Å². The predicted octanol–water partition coefficient (Wildman–Crippen LogP) is 4.02. The van der Waals surface area contributed by atoms with Crippen LogP contribution in [0.2, 0.25) is 0 Å². The van der Waals surface area contributed by atoms with Crippen LogP contribution in [0, 0.1) is 16.7 Å². The summed E-state index contributed by atoms with van der Waals surface area (Å²) in [6, 6.07) is 10.3. The molecule has 0 unspecified atom stereocenters. The molecule has 0 heterocycles. The Bertz CT molecular complexity index is 608. The second kappa shape index (κ2) is 5.87. The van der Waals surface area contributed by atoms with Crippen molar-refractivity contribution in [3.63, 3.8) is 0 Å². The second-order valence-electron chi connectivity index (χ2n) is 9.33. The fourth-order valence-electron chi connectivity index (χ4n) is 4.99. The first-order chi connectivity index (χ1) is 11.1. The monoisotopic (exact) mass is 330 g/mol. The van der Waals surface area contributed by atoms with E-state index in [2.05, 4.69) is 47.0 Å². The Morgan fingerprint density at radius 2 is 1.88 bits per heavy atom. The van der Waals surface area contributed by atoms with Gasteiger partial charge < -0.3 is 9.22 Å². The van der Waals surface area contributed by atoms with Crippen LogP contribution >= 0.6 is 0 Å². The number of carbonyl (C=O) groups is 1. The van der Waals surface area contributed by atoms with Crippen molar-refractivity contribution < 1.29 is 14.0 Å². The minimum Gasteiger partial charge on any atom is -0.458 e. The fraction of sp³-hybridized carbons (Fsp3) is 0.667. The maximum atomic E-state index is 12.6. The van der Waals surface area contributed by atoms with Gasteiger partial charge in [0.05, 0.1) is 14.1 Å². The quantitative estimate of drug-likeness (QED) is 0.602. The van der Waals surface area contributed by atoms with E-state index in [0.717, 1.165) is 13.0 Å². The number of hydrogen-bond donors (Lipinski definition) is 0. The van der Waals surface area contributed by atoms with Gasteiger partial charge in [0.25, 0.3) is 0 Å². The number of carbonyl (C=O) groups excluding carboxylic acids is 1. The molecular formula is C21H32NO2+. The minimum absolute atomic E-state index is 0.0505. The van der Waals surface area contributed by atoms with Crippen molar-refractivity contribution in [3.8, 4) is 0 Å². The molecule has 1 aromatic rings. The van der Waals surface area contributed by atoms with E-state index >= 15 is 0 Å². The van der Waals surface area contributed by atoms with Crippen molar-refractivity contribution >= 4 is 5.97 Å². The fourth-order valence-corrected chi connectivity index (χ4v) is 4.99. The third-order valence-electron chi connectivity index (χ3n) is 7.00. The molecule has 0 saturated heterocycles. The SMILES string of the molecule is CC1(C)[C@H]2CC[C@@]1(C)[C@@H](OC(=O)C[N+](C)(C)Cc1ccccc1)C2. The molecule has 3 heteroatoms. The van der Waals surface area contributed by atoms with Gasteiger partial charge in [-0.1, -0.05) is 51.1 Å². The Morgan fingerprint density at radius 1 is 1.21 bits per heavy atom. The van der Waals surface area contributed by atoms with Gasteiger partial charge in [-0.3, -0.25) is 0 Å². The topological polar surface area (TPSA) is 26.3 Å². The van der Waals surface area contributed by atoms with Crippen LogP contribution in [-0.2, 0) is 16.1 Å². The molecule has 0 spiro atoms. The molecule has 2 fully saturated rings. The summed E-state index contributed by atoms with van der Waals surface area (Å²) in [7, 11) is 4.20. The normalized spacial score (nSPS) is 31.2. The highest BCUT2D eigenvalue weighted by molar-refractivity contribution is 5.71. The van der Waals surface area contributed by atoms with Crippen molar-refractivity contribution in [3.05, 3.63) is 35.9 Å². The van der Waals surface area contributed by atoms with E-state index < -0.39 is 0 Å². The summed E-state index contributed by atoms with van der Waals surface area (Å²) in [6.45, 7) is 8.29. The molecule has 2 aliphatic rings. The molecule has 2 aliphatic carbocycles. The van der Waals surface area contributed by atoms with E-state index in [0.29, 0.717) is 16.9 Å². The van der Waals surface area contributed by atoms with Crippen LogP contribution in [0.4, 0.5) is 0 Å². The third-order valence-corrected chi connectivity index (χ3v) is 7.00. The maximum Gasteiger partial charge on any atom is 0.362 e. The van der Waals surface area contributed by atoms with Crippen LogP contribution in [0.3, 0.4) is 0 Å². The number of nitrogens with zero attached hydrogens (tertiary/aromatic N) is 1. The first kappa shape index (κ1) is 17.5. The van der Waals surface area contributed by atoms with Crippen molar-refractivity contribution in [2.24, 2.45) is 16.7 Å². The number of fused-ring (bicyclic) bond motifs is 2.